The van der Waals surface area contributed by atoms with Crippen LogP contribution in [0.5, 0.6) is 0 Å². The summed E-state index contributed by atoms with van der Waals surface area (Å²) in [5, 5.41) is 11.9. The summed E-state index contributed by atoms with van der Waals surface area (Å²) in [6, 6.07) is 17.9. The number of hydrogen-bond donors (Lipinski definition) is 0. The number of hydrogen-bond acceptors (Lipinski definition) is 5. The van der Waals surface area contributed by atoms with Crippen LogP contribution in [0.4, 0.5) is 5.69 Å². The molecule has 2 aromatic carbocycles. The lowest BCUT2D eigenvalue weighted by atomic mass is 10.2. The molecule has 0 saturated heterocycles. The van der Waals surface area contributed by atoms with Crippen molar-refractivity contribution in [2.75, 3.05) is 17.2 Å². The SMILES string of the molecule is O=C(CSCc1nnnn1-c1ccccc1)N1CCc2ccccc21. The molecule has 1 aliphatic heterocycles. The van der Waals surface area contributed by atoms with Crippen LogP contribution in [-0.4, -0.2) is 38.4 Å². The highest BCUT2D eigenvalue weighted by molar-refractivity contribution is 7.99. The van der Waals surface area contributed by atoms with Gasteiger partial charge < -0.3 is 4.90 Å². The van der Waals surface area contributed by atoms with Gasteiger partial charge in [0.25, 0.3) is 0 Å². The summed E-state index contributed by atoms with van der Waals surface area (Å²) < 4.78 is 1.71. The van der Waals surface area contributed by atoms with Gasteiger partial charge in [0.1, 0.15) is 0 Å². The molecule has 25 heavy (non-hydrogen) atoms. The maximum Gasteiger partial charge on any atom is 0.237 e. The van der Waals surface area contributed by atoms with E-state index in [-0.39, 0.29) is 5.91 Å². The van der Waals surface area contributed by atoms with Crippen LogP contribution in [0.2, 0.25) is 0 Å². The molecule has 0 spiro atoms. The number of para-hydroxylation sites is 2. The monoisotopic (exact) mass is 351 g/mol. The molecule has 126 valence electrons. The van der Waals surface area contributed by atoms with E-state index < -0.39 is 0 Å². The van der Waals surface area contributed by atoms with Crippen LogP contribution in [0.1, 0.15) is 11.4 Å². The van der Waals surface area contributed by atoms with E-state index >= 15 is 0 Å². The minimum atomic E-state index is 0.133. The summed E-state index contributed by atoms with van der Waals surface area (Å²) >= 11 is 1.53. The largest absolute Gasteiger partial charge is 0.311 e. The number of carbonyl (C=O) groups is 1. The van der Waals surface area contributed by atoms with Crippen molar-refractivity contribution in [1.29, 1.82) is 0 Å². The number of nitrogens with zero attached hydrogens (tertiary/aromatic N) is 5. The fourth-order valence-electron chi connectivity index (χ4n) is 2.97. The molecule has 7 heteroatoms. The van der Waals surface area contributed by atoms with Gasteiger partial charge in [-0.1, -0.05) is 36.4 Å². The van der Waals surface area contributed by atoms with Gasteiger partial charge in [-0.15, -0.1) is 16.9 Å². The van der Waals surface area contributed by atoms with Gasteiger partial charge in [0.05, 0.1) is 17.2 Å². The van der Waals surface area contributed by atoms with Crippen LogP contribution in [0.25, 0.3) is 5.69 Å². The van der Waals surface area contributed by atoms with Crippen LogP contribution in [0, 0.1) is 0 Å². The van der Waals surface area contributed by atoms with Gasteiger partial charge in [-0.05, 0) is 40.6 Å². The molecule has 1 amide bonds. The zero-order valence-corrected chi connectivity index (χ0v) is 14.4. The third-order valence-electron chi connectivity index (χ3n) is 4.18. The molecule has 0 saturated carbocycles. The van der Waals surface area contributed by atoms with Gasteiger partial charge in [-0.2, -0.15) is 4.68 Å². The van der Waals surface area contributed by atoms with E-state index in [2.05, 4.69) is 21.6 Å². The predicted octanol–water partition coefficient (Wildman–Crippen LogP) is 2.48. The molecule has 6 nitrogen and oxygen atoms in total. The Labute approximate surface area is 149 Å². The zero-order chi connectivity index (χ0) is 17.1. The van der Waals surface area contributed by atoms with Crippen LogP contribution in [0.3, 0.4) is 0 Å². The molecule has 2 heterocycles. The Morgan fingerprint density at radius 1 is 1.08 bits per heavy atom. The third kappa shape index (κ3) is 3.28. The van der Waals surface area contributed by atoms with Crippen molar-refractivity contribution < 1.29 is 4.79 Å². The molecule has 1 aliphatic rings. The predicted molar refractivity (Wildman–Crippen MR) is 97.8 cm³/mol. The van der Waals surface area contributed by atoms with E-state index in [0.717, 1.165) is 30.2 Å². The number of fused-ring (bicyclic) bond motifs is 1. The molecule has 0 unspecified atom stereocenters. The molecule has 1 aromatic heterocycles. The minimum Gasteiger partial charge on any atom is -0.311 e. The van der Waals surface area contributed by atoms with E-state index in [1.165, 1.54) is 17.3 Å². The van der Waals surface area contributed by atoms with Crippen molar-refractivity contribution in [2.45, 2.75) is 12.2 Å². The molecule has 0 N–H and O–H groups in total. The van der Waals surface area contributed by atoms with Gasteiger partial charge in [0.15, 0.2) is 5.82 Å². The standard InChI is InChI=1S/C18H17N5OS/c24-18(22-11-10-14-6-4-5-9-16(14)22)13-25-12-17-19-20-21-23(17)15-7-2-1-3-8-15/h1-9H,10-13H2. The summed E-state index contributed by atoms with van der Waals surface area (Å²) in [4.78, 5) is 14.4. The first-order valence-electron chi connectivity index (χ1n) is 8.11. The second kappa shape index (κ2) is 7.06. The lowest BCUT2D eigenvalue weighted by Crippen LogP contribution is -2.30. The average molecular weight is 351 g/mol. The van der Waals surface area contributed by atoms with Crippen molar-refractivity contribution >= 4 is 23.4 Å². The lowest BCUT2D eigenvalue weighted by molar-refractivity contribution is -0.116. The topological polar surface area (TPSA) is 63.9 Å². The fourth-order valence-corrected chi connectivity index (χ4v) is 3.77. The normalized spacial score (nSPS) is 13.0. The Kier molecular flexibility index (Phi) is 4.47. The molecule has 0 radical (unpaired) electrons. The Balaban J connectivity index is 1.38. The summed E-state index contributed by atoms with van der Waals surface area (Å²) in [6.45, 7) is 0.764. The Morgan fingerprint density at radius 2 is 1.88 bits per heavy atom. The highest BCUT2D eigenvalue weighted by Gasteiger charge is 2.23. The quantitative estimate of drug-likeness (QED) is 0.707. The number of rotatable bonds is 5. The van der Waals surface area contributed by atoms with E-state index in [0.29, 0.717) is 11.5 Å². The van der Waals surface area contributed by atoms with Gasteiger partial charge in [0.2, 0.25) is 5.91 Å². The highest BCUT2D eigenvalue weighted by Crippen LogP contribution is 2.28. The second-order valence-electron chi connectivity index (χ2n) is 5.76. The molecule has 3 aromatic rings. The number of carbonyl (C=O) groups excluding carboxylic acids is 1. The Morgan fingerprint density at radius 3 is 2.76 bits per heavy atom. The Bertz CT molecular complexity index is 880. The van der Waals surface area contributed by atoms with Crippen molar-refractivity contribution in [3.8, 4) is 5.69 Å². The number of aromatic nitrogens is 4. The third-order valence-corrected chi connectivity index (χ3v) is 5.09. The smallest absolute Gasteiger partial charge is 0.237 e. The van der Waals surface area contributed by atoms with Gasteiger partial charge in [0, 0.05) is 12.2 Å². The number of tetrazole rings is 1. The van der Waals surface area contributed by atoms with E-state index in [4.69, 9.17) is 0 Å². The maximum atomic E-state index is 12.5. The number of thioether (sulfide) groups is 1. The minimum absolute atomic E-state index is 0.133. The molecule has 0 bridgehead atoms. The molecule has 4 rings (SSSR count). The lowest BCUT2D eigenvalue weighted by Gasteiger charge is -2.16. The van der Waals surface area contributed by atoms with Crippen molar-refractivity contribution in [3.05, 3.63) is 66.0 Å². The first-order valence-corrected chi connectivity index (χ1v) is 9.27. The highest BCUT2D eigenvalue weighted by atomic mass is 32.2. The fraction of sp³-hybridized carbons (Fsp3) is 0.222. The molecule has 0 aliphatic carbocycles. The van der Waals surface area contributed by atoms with E-state index in [1.54, 1.807) is 4.68 Å². The average Bonchev–Trinajstić information content (AvgIpc) is 3.29. The Hall–Kier alpha value is -2.67. The number of amides is 1. The summed E-state index contributed by atoms with van der Waals surface area (Å²) in [5.41, 5.74) is 3.21. The van der Waals surface area contributed by atoms with Crippen LogP contribution < -0.4 is 4.90 Å². The van der Waals surface area contributed by atoms with Crippen LogP contribution in [0.15, 0.2) is 54.6 Å². The second-order valence-corrected chi connectivity index (χ2v) is 6.74. The van der Waals surface area contributed by atoms with E-state index in [1.807, 2.05) is 53.4 Å². The van der Waals surface area contributed by atoms with Crippen molar-refractivity contribution in [1.82, 2.24) is 20.2 Å². The molecular formula is C18H17N5OS. The molecular weight excluding hydrogens is 334 g/mol. The summed E-state index contributed by atoms with van der Waals surface area (Å²) in [7, 11) is 0. The summed E-state index contributed by atoms with van der Waals surface area (Å²) in [6.07, 6.45) is 0.929. The number of anilines is 1. The van der Waals surface area contributed by atoms with Crippen molar-refractivity contribution in [2.24, 2.45) is 0 Å². The summed E-state index contributed by atoms with van der Waals surface area (Å²) in [5.74, 6) is 1.87. The van der Waals surface area contributed by atoms with Crippen LogP contribution >= 0.6 is 11.8 Å². The first-order chi connectivity index (χ1) is 12.3. The maximum absolute atomic E-state index is 12.5. The van der Waals surface area contributed by atoms with Crippen LogP contribution in [-0.2, 0) is 17.0 Å². The number of benzene rings is 2. The van der Waals surface area contributed by atoms with E-state index in [9.17, 15) is 4.79 Å². The van der Waals surface area contributed by atoms with Crippen molar-refractivity contribution in [3.63, 3.8) is 0 Å². The first kappa shape index (κ1) is 15.8. The van der Waals surface area contributed by atoms with Gasteiger partial charge in [-0.3, -0.25) is 4.79 Å². The van der Waals surface area contributed by atoms with Gasteiger partial charge >= 0.3 is 0 Å². The van der Waals surface area contributed by atoms with Gasteiger partial charge in [-0.25, -0.2) is 0 Å². The zero-order valence-electron chi connectivity index (χ0n) is 13.6. The molecule has 0 atom stereocenters. The molecule has 0 fully saturated rings.